The summed E-state index contributed by atoms with van der Waals surface area (Å²) in [7, 11) is 0. The van der Waals surface area contributed by atoms with Crippen LogP contribution >= 0.6 is 0 Å². The van der Waals surface area contributed by atoms with Gasteiger partial charge < -0.3 is 5.32 Å². The number of hydrogen-bond acceptors (Lipinski definition) is 3. The largest absolute Gasteiger partial charge is 0.355 e. The first-order valence-electron chi connectivity index (χ1n) is 11.1. The Morgan fingerprint density at radius 2 is 1.80 bits per heavy atom. The number of para-hydroxylation sites is 3. The molecule has 0 unspecified atom stereocenters. The molecule has 5 heteroatoms. The highest BCUT2D eigenvalue weighted by Gasteiger charge is 2.20. The van der Waals surface area contributed by atoms with Crippen molar-refractivity contribution in [3.8, 4) is 5.69 Å². The molecule has 0 radical (unpaired) electrons. The quantitative estimate of drug-likeness (QED) is 0.642. The first kappa shape index (κ1) is 20.6. The molecule has 1 fully saturated rings. The van der Waals surface area contributed by atoms with Gasteiger partial charge in [-0.1, -0.05) is 37.3 Å². The van der Waals surface area contributed by atoms with Crippen LogP contribution in [-0.2, 0) is 11.2 Å². The molecule has 1 saturated heterocycles. The van der Waals surface area contributed by atoms with Gasteiger partial charge >= 0.3 is 0 Å². The van der Waals surface area contributed by atoms with Gasteiger partial charge in [0.1, 0.15) is 5.82 Å². The molecule has 1 aromatic heterocycles. The number of nitrogens with one attached hydrogen (secondary N) is 1. The van der Waals surface area contributed by atoms with Crippen molar-refractivity contribution in [2.75, 3.05) is 19.6 Å². The van der Waals surface area contributed by atoms with Crippen molar-refractivity contribution in [2.45, 2.75) is 45.6 Å². The second-order valence-corrected chi connectivity index (χ2v) is 8.56. The fraction of sp³-hybridized carbons (Fsp3) is 0.440. The van der Waals surface area contributed by atoms with Gasteiger partial charge in [-0.25, -0.2) is 4.98 Å². The molecule has 3 aromatic rings. The SMILES string of the molecule is CC1CCN([C@@H](C)CNC(=O)CCc2nc3ccccc3n2-c2ccccc2)CC1. The number of likely N-dealkylation sites (tertiary alicyclic amines) is 1. The Bertz CT molecular complexity index is 973. The zero-order valence-electron chi connectivity index (χ0n) is 18.1. The number of carbonyl (C=O) groups is 1. The Labute approximate surface area is 179 Å². The molecule has 0 bridgehead atoms. The number of piperidine rings is 1. The zero-order chi connectivity index (χ0) is 20.9. The average Bonchev–Trinajstić information content (AvgIpc) is 3.15. The molecule has 0 saturated carbocycles. The van der Waals surface area contributed by atoms with Crippen molar-refractivity contribution in [1.29, 1.82) is 0 Å². The Morgan fingerprint density at radius 3 is 2.57 bits per heavy atom. The van der Waals surface area contributed by atoms with Crippen LogP contribution in [-0.4, -0.2) is 46.0 Å². The summed E-state index contributed by atoms with van der Waals surface area (Å²) in [6.45, 7) is 7.53. The predicted octanol–water partition coefficient (Wildman–Crippen LogP) is 4.19. The van der Waals surface area contributed by atoms with E-state index in [1.54, 1.807) is 0 Å². The van der Waals surface area contributed by atoms with Crippen molar-refractivity contribution in [3.05, 3.63) is 60.4 Å². The topological polar surface area (TPSA) is 50.2 Å². The first-order valence-corrected chi connectivity index (χ1v) is 11.1. The smallest absolute Gasteiger partial charge is 0.220 e. The summed E-state index contributed by atoms with van der Waals surface area (Å²) < 4.78 is 2.17. The number of amides is 1. The van der Waals surface area contributed by atoms with E-state index >= 15 is 0 Å². The number of fused-ring (bicyclic) bond motifs is 1. The summed E-state index contributed by atoms with van der Waals surface area (Å²) in [6.07, 6.45) is 3.58. The third-order valence-corrected chi connectivity index (χ3v) is 6.26. The van der Waals surface area contributed by atoms with Crippen molar-refractivity contribution < 1.29 is 4.79 Å². The van der Waals surface area contributed by atoms with Crippen LogP contribution < -0.4 is 5.32 Å². The van der Waals surface area contributed by atoms with Gasteiger partial charge in [0, 0.05) is 31.1 Å². The maximum Gasteiger partial charge on any atom is 0.220 e. The molecule has 1 atom stereocenters. The lowest BCUT2D eigenvalue weighted by atomic mass is 9.98. The van der Waals surface area contributed by atoms with Crippen molar-refractivity contribution >= 4 is 16.9 Å². The molecule has 2 heterocycles. The molecule has 1 N–H and O–H groups in total. The highest BCUT2D eigenvalue weighted by atomic mass is 16.1. The van der Waals surface area contributed by atoms with Crippen LogP contribution in [0.5, 0.6) is 0 Å². The normalized spacial score (nSPS) is 16.6. The Kier molecular flexibility index (Phi) is 6.48. The van der Waals surface area contributed by atoms with Crippen LogP contribution in [0, 0.1) is 5.92 Å². The standard InChI is InChI=1S/C25H32N4O/c1-19-14-16-28(17-15-19)20(2)18-26-25(30)13-12-24-27-22-10-6-7-11-23(22)29(24)21-8-4-3-5-9-21/h3-11,19-20H,12-18H2,1-2H3,(H,26,30)/t20-/m0/s1. The Balaban J connectivity index is 1.38. The van der Waals surface area contributed by atoms with Crippen molar-refractivity contribution in [1.82, 2.24) is 19.8 Å². The monoisotopic (exact) mass is 404 g/mol. The summed E-state index contributed by atoms with van der Waals surface area (Å²) in [6, 6.07) is 18.8. The van der Waals surface area contributed by atoms with Gasteiger partial charge in [0.05, 0.1) is 11.0 Å². The van der Waals surface area contributed by atoms with E-state index in [2.05, 4.69) is 46.8 Å². The van der Waals surface area contributed by atoms with Gasteiger partial charge in [-0.3, -0.25) is 14.3 Å². The third kappa shape index (κ3) is 4.73. The third-order valence-electron chi connectivity index (χ3n) is 6.26. The second kappa shape index (κ2) is 9.43. The number of benzene rings is 2. The van der Waals surface area contributed by atoms with Gasteiger partial charge in [-0.2, -0.15) is 0 Å². The predicted molar refractivity (Wildman–Crippen MR) is 122 cm³/mol. The molecule has 0 spiro atoms. The molecule has 2 aromatic carbocycles. The van der Waals surface area contributed by atoms with E-state index in [0.717, 1.165) is 41.6 Å². The lowest BCUT2D eigenvalue weighted by Crippen LogP contribution is -2.45. The molecule has 1 amide bonds. The average molecular weight is 405 g/mol. The van der Waals surface area contributed by atoms with E-state index in [4.69, 9.17) is 4.98 Å². The number of rotatable bonds is 7. The molecular weight excluding hydrogens is 372 g/mol. The number of aromatic nitrogens is 2. The summed E-state index contributed by atoms with van der Waals surface area (Å²) in [5.41, 5.74) is 3.12. The lowest BCUT2D eigenvalue weighted by Gasteiger charge is -2.35. The Morgan fingerprint density at radius 1 is 1.10 bits per heavy atom. The molecule has 5 nitrogen and oxygen atoms in total. The summed E-state index contributed by atoms with van der Waals surface area (Å²) >= 11 is 0. The van der Waals surface area contributed by atoms with Crippen LogP contribution in [0.25, 0.3) is 16.7 Å². The van der Waals surface area contributed by atoms with E-state index in [9.17, 15) is 4.79 Å². The first-order chi connectivity index (χ1) is 14.6. The van der Waals surface area contributed by atoms with E-state index in [-0.39, 0.29) is 5.91 Å². The van der Waals surface area contributed by atoms with Crippen LogP contribution in [0.1, 0.15) is 38.9 Å². The van der Waals surface area contributed by atoms with Gasteiger partial charge in [-0.15, -0.1) is 0 Å². The number of imidazole rings is 1. The highest BCUT2D eigenvalue weighted by Crippen LogP contribution is 2.22. The van der Waals surface area contributed by atoms with E-state index in [1.807, 2.05) is 36.4 Å². The van der Waals surface area contributed by atoms with Gasteiger partial charge in [-0.05, 0) is 63.0 Å². The van der Waals surface area contributed by atoms with E-state index in [0.29, 0.717) is 25.4 Å². The fourth-order valence-electron chi connectivity index (χ4n) is 4.28. The van der Waals surface area contributed by atoms with E-state index in [1.165, 1.54) is 12.8 Å². The number of carbonyl (C=O) groups excluding carboxylic acids is 1. The van der Waals surface area contributed by atoms with Gasteiger partial charge in [0.2, 0.25) is 5.91 Å². The number of nitrogens with zero attached hydrogens (tertiary/aromatic N) is 3. The Hall–Kier alpha value is -2.66. The molecular formula is C25H32N4O. The van der Waals surface area contributed by atoms with Crippen LogP contribution in [0.2, 0.25) is 0 Å². The van der Waals surface area contributed by atoms with Crippen LogP contribution in [0.3, 0.4) is 0 Å². The van der Waals surface area contributed by atoms with Crippen LogP contribution in [0.4, 0.5) is 0 Å². The minimum Gasteiger partial charge on any atom is -0.355 e. The van der Waals surface area contributed by atoms with Gasteiger partial charge in [0.25, 0.3) is 0 Å². The maximum atomic E-state index is 12.6. The summed E-state index contributed by atoms with van der Waals surface area (Å²) in [5, 5.41) is 3.14. The van der Waals surface area contributed by atoms with Crippen LogP contribution in [0.15, 0.2) is 54.6 Å². The molecule has 4 rings (SSSR count). The molecule has 158 valence electrons. The van der Waals surface area contributed by atoms with Crippen molar-refractivity contribution in [3.63, 3.8) is 0 Å². The summed E-state index contributed by atoms with van der Waals surface area (Å²) in [4.78, 5) is 19.9. The summed E-state index contributed by atoms with van der Waals surface area (Å²) in [5.74, 6) is 1.85. The molecule has 1 aliphatic heterocycles. The van der Waals surface area contributed by atoms with Crippen molar-refractivity contribution in [2.24, 2.45) is 5.92 Å². The zero-order valence-corrected chi connectivity index (χ0v) is 18.1. The molecule has 0 aliphatic carbocycles. The maximum absolute atomic E-state index is 12.6. The number of hydrogen-bond donors (Lipinski definition) is 1. The molecule has 1 aliphatic rings. The number of aryl methyl sites for hydroxylation is 1. The molecule has 30 heavy (non-hydrogen) atoms. The van der Waals surface area contributed by atoms with E-state index < -0.39 is 0 Å². The lowest BCUT2D eigenvalue weighted by molar-refractivity contribution is -0.121. The highest BCUT2D eigenvalue weighted by molar-refractivity contribution is 5.79. The van der Waals surface area contributed by atoms with Gasteiger partial charge in [0.15, 0.2) is 0 Å². The minimum atomic E-state index is 0.0962. The second-order valence-electron chi connectivity index (χ2n) is 8.56. The fourth-order valence-corrected chi connectivity index (χ4v) is 4.28. The minimum absolute atomic E-state index is 0.0962.